The minimum absolute atomic E-state index is 0.295. The Morgan fingerprint density at radius 1 is 1.47 bits per heavy atom. The summed E-state index contributed by atoms with van der Waals surface area (Å²) in [7, 11) is 0. The molecule has 1 saturated heterocycles. The summed E-state index contributed by atoms with van der Waals surface area (Å²) in [4.78, 5) is 11.8. The van der Waals surface area contributed by atoms with Crippen LogP contribution in [0.2, 0.25) is 0 Å². The monoisotopic (exact) mass is 262 g/mol. The first-order valence-electron chi connectivity index (χ1n) is 6.89. The van der Waals surface area contributed by atoms with Crippen LogP contribution in [0, 0.1) is 11.8 Å². The van der Waals surface area contributed by atoms with Crippen LogP contribution >= 0.6 is 0 Å². The van der Waals surface area contributed by atoms with Gasteiger partial charge in [-0.2, -0.15) is 0 Å². The van der Waals surface area contributed by atoms with Gasteiger partial charge in [-0.05, 0) is 44.9 Å². The Morgan fingerprint density at radius 3 is 2.95 bits per heavy atom. The zero-order valence-corrected chi connectivity index (χ0v) is 11.2. The van der Waals surface area contributed by atoms with Crippen LogP contribution in [0.5, 0.6) is 0 Å². The van der Waals surface area contributed by atoms with Crippen molar-refractivity contribution in [3.8, 4) is 0 Å². The number of hydrogen-bond donors (Lipinski definition) is 1. The van der Waals surface area contributed by atoms with Crippen LogP contribution in [0.1, 0.15) is 33.1 Å². The molecule has 4 rings (SSSR count). The molecule has 102 valence electrons. The number of allylic oxidation sites excluding steroid dienone is 1. The molecule has 0 spiro atoms. The van der Waals surface area contributed by atoms with Crippen LogP contribution in [0.25, 0.3) is 0 Å². The summed E-state index contributed by atoms with van der Waals surface area (Å²) in [5.41, 5.74) is 2.08. The Bertz CT molecular complexity index is 548. The topological polar surface area (TPSA) is 59.1 Å². The van der Waals surface area contributed by atoms with E-state index in [4.69, 9.17) is 9.47 Å². The van der Waals surface area contributed by atoms with Gasteiger partial charge >= 0.3 is 5.97 Å². The smallest absolute Gasteiger partial charge is 0.336 e. The maximum Gasteiger partial charge on any atom is 0.336 e. The van der Waals surface area contributed by atoms with Crippen molar-refractivity contribution in [1.82, 2.24) is 0 Å². The molecule has 0 bridgehead atoms. The van der Waals surface area contributed by atoms with Crippen LogP contribution in [-0.4, -0.2) is 28.6 Å². The first kappa shape index (κ1) is 11.7. The lowest BCUT2D eigenvalue weighted by Gasteiger charge is -2.24. The quantitative estimate of drug-likeness (QED) is 0.410. The molecule has 5 unspecified atom stereocenters. The van der Waals surface area contributed by atoms with Crippen molar-refractivity contribution in [2.45, 2.75) is 50.6 Å². The molecule has 2 aliphatic heterocycles. The van der Waals surface area contributed by atoms with Crippen LogP contribution in [0.4, 0.5) is 0 Å². The Morgan fingerprint density at radius 2 is 2.21 bits per heavy atom. The van der Waals surface area contributed by atoms with Crippen LogP contribution in [-0.2, 0) is 14.3 Å². The highest BCUT2D eigenvalue weighted by molar-refractivity contribution is 5.92. The molecule has 5 atom stereocenters. The largest absolute Gasteiger partial charge is 0.423 e. The van der Waals surface area contributed by atoms with Gasteiger partial charge in [0.25, 0.3) is 5.79 Å². The predicted molar refractivity (Wildman–Crippen MR) is 67.0 cm³/mol. The lowest BCUT2D eigenvalue weighted by molar-refractivity contribution is -0.188. The number of ether oxygens (including phenoxy) is 2. The van der Waals surface area contributed by atoms with E-state index in [2.05, 4.69) is 6.58 Å². The van der Waals surface area contributed by atoms with Crippen molar-refractivity contribution >= 4 is 5.97 Å². The third-order valence-electron chi connectivity index (χ3n) is 5.58. The van der Waals surface area contributed by atoms with Crippen molar-refractivity contribution in [2.75, 3.05) is 0 Å². The van der Waals surface area contributed by atoms with E-state index in [-0.39, 0.29) is 5.60 Å². The van der Waals surface area contributed by atoms with Gasteiger partial charge in [-0.3, -0.25) is 0 Å². The van der Waals surface area contributed by atoms with Gasteiger partial charge in [0.05, 0.1) is 0 Å². The number of hydrogen-bond acceptors (Lipinski definition) is 4. The second-order valence-corrected chi connectivity index (χ2v) is 6.49. The molecule has 3 fully saturated rings. The molecule has 0 aromatic heterocycles. The lowest BCUT2D eigenvalue weighted by atomic mass is 9.82. The van der Waals surface area contributed by atoms with Crippen molar-refractivity contribution in [1.29, 1.82) is 0 Å². The van der Waals surface area contributed by atoms with Gasteiger partial charge in [0.2, 0.25) is 0 Å². The summed E-state index contributed by atoms with van der Waals surface area (Å²) >= 11 is 0. The van der Waals surface area contributed by atoms with E-state index < -0.39 is 17.9 Å². The molecule has 0 radical (unpaired) electrons. The maximum atomic E-state index is 11.8. The Balaban J connectivity index is 1.87. The summed E-state index contributed by atoms with van der Waals surface area (Å²) < 4.78 is 11.1. The number of rotatable bonds is 0. The van der Waals surface area contributed by atoms with E-state index in [1.165, 1.54) is 5.57 Å². The number of carbonyl (C=O) groups excluding carboxylic acids is 1. The SMILES string of the molecule is C=C1CCC2C1CC1=C(C)C(=O)OC1(O)C1OC21C. The van der Waals surface area contributed by atoms with Gasteiger partial charge in [0.15, 0.2) is 6.10 Å². The minimum atomic E-state index is -1.54. The number of esters is 1. The molecule has 2 saturated carbocycles. The van der Waals surface area contributed by atoms with Gasteiger partial charge in [-0.15, -0.1) is 0 Å². The number of carbonyl (C=O) groups is 1. The van der Waals surface area contributed by atoms with E-state index in [0.717, 1.165) is 12.8 Å². The highest BCUT2D eigenvalue weighted by atomic mass is 16.7. The van der Waals surface area contributed by atoms with Crippen molar-refractivity contribution < 1.29 is 19.4 Å². The van der Waals surface area contributed by atoms with E-state index in [0.29, 0.717) is 29.4 Å². The van der Waals surface area contributed by atoms with Gasteiger partial charge in [-0.25, -0.2) is 4.79 Å². The normalized spacial score (nSPS) is 51.4. The van der Waals surface area contributed by atoms with Crippen molar-refractivity contribution in [3.05, 3.63) is 23.3 Å². The molecule has 19 heavy (non-hydrogen) atoms. The Kier molecular flexibility index (Phi) is 1.92. The van der Waals surface area contributed by atoms with Gasteiger partial charge < -0.3 is 14.6 Å². The lowest BCUT2D eigenvalue weighted by Crippen LogP contribution is -2.41. The van der Waals surface area contributed by atoms with Crippen LogP contribution in [0.3, 0.4) is 0 Å². The van der Waals surface area contributed by atoms with Gasteiger partial charge in [-0.1, -0.05) is 12.2 Å². The molecule has 4 heteroatoms. The second kappa shape index (κ2) is 3.13. The molecule has 0 aromatic carbocycles. The highest BCUT2D eigenvalue weighted by Gasteiger charge is 2.74. The van der Waals surface area contributed by atoms with E-state index in [1.807, 2.05) is 6.92 Å². The molecule has 2 aliphatic carbocycles. The summed E-state index contributed by atoms with van der Waals surface area (Å²) in [5.74, 6) is -1.29. The van der Waals surface area contributed by atoms with E-state index >= 15 is 0 Å². The number of fused-ring (bicyclic) bond motifs is 5. The Hall–Kier alpha value is -1.13. The minimum Gasteiger partial charge on any atom is -0.423 e. The van der Waals surface area contributed by atoms with Crippen molar-refractivity contribution in [3.63, 3.8) is 0 Å². The molecule has 2 heterocycles. The van der Waals surface area contributed by atoms with E-state index in [9.17, 15) is 9.90 Å². The predicted octanol–water partition coefficient (Wildman–Crippen LogP) is 1.69. The summed E-state index contributed by atoms with van der Waals surface area (Å²) in [6, 6.07) is 0. The second-order valence-electron chi connectivity index (χ2n) is 6.49. The third-order valence-corrected chi connectivity index (χ3v) is 5.58. The van der Waals surface area contributed by atoms with E-state index in [1.54, 1.807) is 6.92 Å². The Labute approximate surface area is 112 Å². The molecular weight excluding hydrogens is 244 g/mol. The van der Waals surface area contributed by atoms with Crippen LogP contribution < -0.4 is 0 Å². The fourth-order valence-electron chi connectivity index (χ4n) is 4.36. The highest BCUT2D eigenvalue weighted by Crippen LogP contribution is 2.63. The third kappa shape index (κ3) is 1.20. The zero-order chi connectivity index (χ0) is 13.6. The fraction of sp³-hybridized carbons (Fsp3) is 0.667. The molecule has 1 N–H and O–H groups in total. The maximum absolute atomic E-state index is 11.8. The zero-order valence-electron chi connectivity index (χ0n) is 11.2. The van der Waals surface area contributed by atoms with Crippen LogP contribution in [0.15, 0.2) is 23.3 Å². The molecule has 4 nitrogen and oxygen atoms in total. The standard InChI is InChI=1S/C15H18O4/c1-7-4-5-10-9(7)6-11-8(2)12(16)18-15(11,17)13-14(10,3)19-13/h9-10,13,17H,1,4-6H2,2-3H3. The first-order chi connectivity index (χ1) is 8.88. The van der Waals surface area contributed by atoms with Gasteiger partial charge in [0.1, 0.15) is 5.60 Å². The summed E-state index contributed by atoms with van der Waals surface area (Å²) in [6.07, 6.45) is 2.32. The van der Waals surface area contributed by atoms with Crippen molar-refractivity contribution in [2.24, 2.45) is 11.8 Å². The average molecular weight is 262 g/mol. The summed E-state index contributed by atoms with van der Waals surface area (Å²) in [5, 5.41) is 10.8. The molecule has 0 aromatic rings. The fourth-order valence-corrected chi connectivity index (χ4v) is 4.36. The first-order valence-corrected chi connectivity index (χ1v) is 6.89. The molecular formula is C15H18O4. The number of epoxide rings is 1. The molecule has 0 amide bonds. The molecule has 4 aliphatic rings. The average Bonchev–Trinajstić information content (AvgIpc) is 2.85. The summed E-state index contributed by atoms with van der Waals surface area (Å²) in [6.45, 7) is 7.91. The number of aliphatic hydroxyl groups is 1. The van der Waals surface area contributed by atoms with Gasteiger partial charge in [0, 0.05) is 11.1 Å².